The first-order valence-electron chi connectivity index (χ1n) is 12.5. The third-order valence-electron chi connectivity index (χ3n) is 7.58. The Labute approximate surface area is 234 Å². The summed E-state index contributed by atoms with van der Waals surface area (Å²) in [6, 6.07) is 12.3. The maximum Gasteiger partial charge on any atom is 0.305 e. The number of benzene rings is 4. The number of aromatic hydroxyl groups is 7. The van der Waals surface area contributed by atoms with Crippen LogP contribution in [0.15, 0.2) is 69.9 Å². The van der Waals surface area contributed by atoms with E-state index in [1.807, 2.05) is 0 Å². The molecule has 0 fully saturated rings. The molecule has 0 saturated carbocycles. The van der Waals surface area contributed by atoms with Gasteiger partial charge in [-0.15, -0.1) is 0 Å². The lowest BCUT2D eigenvalue weighted by Crippen LogP contribution is -2.57. The zero-order chi connectivity index (χ0) is 29.7. The summed E-state index contributed by atoms with van der Waals surface area (Å²) in [5.41, 5.74) is -1.15. The van der Waals surface area contributed by atoms with Crippen molar-refractivity contribution in [2.75, 3.05) is 0 Å². The number of phenolic OH excluding ortho intramolecular Hbond substituents is 6. The molecule has 4 aromatic carbocycles. The maximum absolute atomic E-state index is 13.4. The van der Waals surface area contributed by atoms with Gasteiger partial charge in [-0.25, -0.2) is 0 Å². The second-order valence-corrected chi connectivity index (χ2v) is 10.0. The molecule has 12 heteroatoms. The minimum absolute atomic E-state index is 0.00315. The van der Waals surface area contributed by atoms with Crippen LogP contribution in [-0.4, -0.2) is 47.0 Å². The van der Waals surface area contributed by atoms with E-state index < -0.39 is 63.1 Å². The fraction of sp³-hybridized carbons (Fsp3) is 0.100. The van der Waals surface area contributed by atoms with Gasteiger partial charge in [0, 0.05) is 40.5 Å². The maximum atomic E-state index is 13.4. The zero-order valence-electron chi connectivity index (χ0n) is 21.1. The molecule has 0 saturated heterocycles. The summed E-state index contributed by atoms with van der Waals surface area (Å²) in [5, 5.41) is 83.9. The second kappa shape index (κ2) is 8.38. The van der Waals surface area contributed by atoms with Gasteiger partial charge in [0.2, 0.25) is 11.2 Å². The predicted octanol–water partition coefficient (Wildman–Crippen LogP) is 3.53. The van der Waals surface area contributed by atoms with Crippen molar-refractivity contribution in [3.63, 3.8) is 0 Å². The number of ether oxygens (including phenoxy) is 2. The van der Waals surface area contributed by atoms with Gasteiger partial charge in [0.1, 0.15) is 51.6 Å². The molecule has 8 N–H and O–H groups in total. The smallest absolute Gasteiger partial charge is 0.305 e. The summed E-state index contributed by atoms with van der Waals surface area (Å²) in [5.74, 6) is -7.38. The molecule has 2 bridgehead atoms. The fourth-order valence-corrected chi connectivity index (χ4v) is 5.70. The molecule has 12 nitrogen and oxygen atoms in total. The molecule has 0 aliphatic carbocycles. The summed E-state index contributed by atoms with van der Waals surface area (Å²) in [6.45, 7) is 0. The molecule has 212 valence electrons. The number of hydrogen-bond donors (Lipinski definition) is 8. The molecule has 2 aliphatic rings. The molecule has 3 atom stereocenters. The van der Waals surface area contributed by atoms with Crippen LogP contribution in [0.4, 0.5) is 0 Å². The Hall–Kier alpha value is -5.75. The van der Waals surface area contributed by atoms with E-state index in [-0.39, 0.29) is 50.8 Å². The number of fused-ring (bicyclic) bond motifs is 8. The number of rotatable bonds is 2. The summed E-state index contributed by atoms with van der Waals surface area (Å²) in [6.07, 6.45) is -1.65. The van der Waals surface area contributed by atoms with Crippen molar-refractivity contribution in [2.45, 2.75) is 17.8 Å². The molecule has 0 radical (unpaired) electrons. The Morgan fingerprint density at radius 3 is 2.05 bits per heavy atom. The van der Waals surface area contributed by atoms with Crippen LogP contribution in [-0.2, 0) is 5.79 Å². The van der Waals surface area contributed by atoms with Crippen molar-refractivity contribution in [1.29, 1.82) is 0 Å². The number of aliphatic hydroxyl groups is 1. The number of aliphatic hydroxyl groups excluding tert-OH is 1. The van der Waals surface area contributed by atoms with E-state index in [1.54, 1.807) is 0 Å². The highest BCUT2D eigenvalue weighted by atomic mass is 16.7. The van der Waals surface area contributed by atoms with Gasteiger partial charge in [-0.05, 0) is 42.5 Å². The van der Waals surface area contributed by atoms with E-state index >= 15 is 0 Å². The normalized spacial score (nSPS) is 20.3. The van der Waals surface area contributed by atoms with Crippen LogP contribution in [0.25, 0.3) is 22.3 Å². The SMILES string of the molecule is O=c1c(O)c(-c2ccc(O)c(O)c2)oc2c3c(cc(O)c12)OC1(c2ccc(O)cc2)Oc2cc(O)cc(O)c2C3C1O. The standard InChI is InChI=1S/C30H20O12/c31-13-4-2-12(3-5-13)30-29(39)24(21-17(35)8-14(32)9-19(21)41-30)23-20(42-30)10-18(36)22-25(37)26(38)27(40-28(22)23)11-1-6-15(33)16(34)7-11/h1-10,24,29,31-36,38-39H. The van der Waals surface area contributed by atoms with Crippen molar-refractivity contribution >= 4 is 11.0 Å². The van der Waals surface area contributed by atoms with Crippen LogP contribution in [0.5, 0.6) is 51.7 Å². The van der Waals surface area contributed by atoms with Crippen LogP contribution in [0, 0.1) is 0 Å². The Kier molecular flexibility index (Phi) is 5.03. The topological polar surface area (TPSA) is 211 Å². The average Bonchev–Trinajstić information content (AvgIpc) is 2.93. The van der Waals surface area contributed by atoms with Crippen LogP contribution >= 0.6 is 0 Å². The van der Waals surface area contributed by atoms with Crippen molar-refractivity contribution in [3.8, 4) is 63.1 Å². The predicted molar refractivity (Wildman–Crippen MR) is 143 cm³/mol. The van der Waals surface area contributed by atoms with Crippen molar-refractivity contribution in [1.82, 2.24) is 0 Å². The lowest BCUT2D eigenvalue weighted by Gasteiger charge is -2.49. The van der Waals surface area contributed by atoms with E-state index in [2.05, 4.69) is 0 Å². The average molecular weight is 572 g/mol. The van der Waals surface area contributed by atoms with Gasteiger partial charge < -0.3 is 54.7 Å². The van der Waals surface area contributed by atoms with E-state index in [0.717, 1.165) is 24.3 Å². The summed E-state index contributed by atoms with van der Waals surface area (Å²) in [7, 11) is 0. The zero-order valence-corrected chi connectivity index (χ0v) is 21.1. The third-order valence-corrected chi connectivity index (χ3v) is 7.58. The molecule has 0 amide bonds. The van der Waals surface area contributed by atoms with Gasteiger partial charge in [-0.2, -0.15) is 0 Å². The molecule has 0 spiro atoms. The minimum Gasteiger partial charge on any atom is -0.508 e. The first-order valence-corrected chi connectivity index (χ1v) is 12.5. The highest BCUT2D eigenvalue weighted by Crippen LogP contribution is 2.60. The van der Waals surface area contributed by atoms with Crippen molar-refractivity contribution < 1.29 is 54.7 Å². The Morgan fingerprint density at radius 1 is 0.667 bits per heavy atom. The van der Waals surface area contributed by atoms with Gasteiger partial charge >= 0.3 is 5.79 Å². The monoisotopic (exact) mass is 572 g/mol. The minimum atomic E-state index is -2.03. The first-order chi connectivity index (χ1) is 20.0. The lowest BCUT2D eigenvalue weighted by molar-refractivity contribution is -0.218. The highest BCUT2D eigenvalue weighted by molar-refractivity contribution is 5.92. The summed E-state index contributed by atoms with van der Waals surface area (Å²) >= 11 is 0. The quantitative estimate of drug-likeness (QED) is 0.143. The Bertz CT molecular complexity index is 2010. The van der Waals surface area contributed by atoms with Crippen LogP contribution < -0.4 is 14.9 Å². The van der Waals surface area contributed by atoms with Gasteiger partial charge in [0.05, 0.1) is 5.92 Å². The van der Waals surface area contributed by atoms with Crippen molar-refractivity contribution in [2.24, 2.45) is 0 Å². The molecule has 3 heterocycles. The van der Waals surface area contributed by atoms with Crippen molar-refractivity contribution in [3.05, 3.63) is 87.6 Å². The molecule has 3 unspecified atom stereocenters. The Balaban J connectivity index is 1.59. The molecule has 2 aliphatic heterocycles. The largest absolute Gasteiger partial charge is 0.508 e. The van der Waals surface area contributed by atoms with E-state index in [4.69, 9.17) is 13.9 Å². The Morgan fingerprint density at radius 2 is 1.36 bits per heavy atom. The van der Waals surface area contributed by atoms with Crippen LogP contribution in [0.3, 0.4) is 0 Å². The number of phenols is 6. The van der Waals surface area contributed by atoms with E-state index in [0.29, 0.717) is 0 Å². The molecular formula is C30H20O12. The third kappa shape index (κ3) is 3.29. The summed E-state index contributed by atoms with van der Waals surface area (Å²) < 4.78 is 18.4. The van der Waals surface area contributed by atoms with Crippen LogP contribution in [0.1, 0.15) is 22.6 Å². The molecular weight excluding hydrogens is 552 g/mol. The van der Waals surface area contributed by atoms with E-state index in [9.17, 15) is 45.6 Å². The lowest BCUT2D eigenvalue weighted by atomic mass is 9.75. The van der Waals surface area contributed by atoms with Gasteiger partial charge in [-0.1, -0.05) is 0 Å². The molecule has 5 aromatic rings. The molecule has 42 heavy (non-hydrogen) atoms. The van der Waals surface area contributed by atoms with Gasteiger partial charge in [0.15, 0.2) is 17.3 Å². The highest BCUT2D eigenvalue weighted by Gasteiger charge is 2.59. The summed E-state index contributed by atoms with van der Waals surface area (Å²) in [4.78, 5) is 13.4. The van der Waals surface area contributed by atoms with Gasteiger partial charge in [-0.3, -0.25) is 4.79 Å². The number of hydrogen-bond acceptors (Lipinski definition) is 12. The first kappa shape index (κ1) is 25.2. The second-order valence-electron chi connectivity index (χ2n) is 10.0. The molecule has 1 aromatic heterocycles. The van der Waals surface area contributed by atoms with Crippen LogP contribution in [0.2, 0.25) is 0 Å². The fourth-order valence-electron chi connectivity index (χ4n) is 5.70. The van der Waals surface area contributed by atoms with Gasteiger partial charge in [0.25, 0.3) is 0 Å². The van der Waals surface area contributed by atoms with E-state index in [1.165, 1.54) is 36.4 Å². The molecule has 7 rings (SSSR count).